The number of carbonyl (C=O) groups is 2. The molecule has 1 aromatic rings. The van der Waals surface area contributed by atoms with E-state index < -0.39 is 23.8 Å². The van der Waals surface area contributed by atoms with Gasteiger partial charge in [0.1, 0.15) is 11.9 Å². The number of halogens is 3. The average Bonchev–Trinajstić information content (AvgIpc) is 2.40. The van der Waals surface area contributed by atoms with E-state index >= 15 is 0 Å². The maximum atomic E-state index is 12.5. The number of rotatable bonds is 2. The van der Waals surface area contributed by atoms with Crippen LogP contribution in [-0.2, 0) is 15.7 Å². The van der Waals surface area contributed by atoms with Crippen molar-refractivity contribution >= 4 is 11.8 Å². The van der Waals surface area contributed by atoms with Gasteiger partial charge in [0, 0.05) is 12.8 Å². The molecular weight excluding hydrogens is 273 g/mol. The maximum absolute atomic E-state index is 12.5. The molecule has 1 saturated carbocycles. The van der Waals surface area contributed by atoms with E-state index in [-0.39, 0.29) is 11.3 Å². The van der Waals surface area contributed by atoms with E-state index in [2.05, 4.69) is 0 Å². The standard InChI is InChI=1S/C14H13F3O3/c15-14(16,17)10-3-1-2-9(8-10)13(19)20-12-6-4-11(18)5-7-12/h1-3,8,12H,4-7H2. The molecule has 0 unspecified atom stereocenters. The highest BCUT2D eigenvalue weighted by atomic mass is 19.4. The van der Waals surface area contributed by atoms with E-state index in [0.29, 0.717) is 25.7 Å². The topological polar surface area (TPSA) is 43.4 Å². The van der Waals surface area contributed by atoms with Crippen LogP contribution < -0.4 is 0 Å². The fourth-order valence-electron chi connectivity index (χ4n) is 2.07. The molecule has 3 nitrogen and oxygen atoms in total. The Kier molecular flexibility index (Phi) is 4.11. The summed E-state index contributed by atoms with van der Waals surface area (Å²) in [6.07, 6.45) is -3.32. The van der Waals surface area contributed by atoms with Gasteiger partial charge in [0.2, 0.25) is 0 Å². The molecule has 0 heterocycles. The summed E-state index contributed by atoms with van der Waals surface area (Å²) in [6, 6.07) is 4.13. The summed E-state index contributed by atoms with van der Waals surface area (Å²) >= 11 is 0. The first-order valence-electron chi connectivity index (χ1n) is 6.26. The molecular formula is C14H13F3O3. The molecule has 1 aromatic carbocycles. The van der Waals surface area contributed by atoms with Crippen LogP contribution in [0, 0.1) is 0 Å². The summed E-state index contributed by atoms with van der Waals surface area (Å²) < 4.78 is 42.8. The molecule has 0 aromatic heterocycles. The van der Waals surface area contributed by atoms with Crippen LogP contribution in [0.1, 0.15) is 41.6 Å². The molecule has 0 aliphatic heterocycles. The van der Waals surface area contributed by atoms with Crippen molar-refractivity contribution in [3.8, 4) is 0 Å². The fourth-order valence-corrected chi connectivity index (χ4v) is 2.07. The van der Waals surface area contributed by atoms with Crippen molar-refractivity contribution in [2.24, 2.45) is 0 Å². The van der Waals surface area contributed by atoms with Crippen molar-refractivity contribution < 1.29 is 27.5 Å². The third-order valence-corrected chi connectivity index (χ3v) is 3.19. The molecule has 1 fully saturated rings. The molecule has 0 amide bonds. The predicted octanol–water partition coefficient (Wildman–Crippen LogP) is 3.37. The largest absolute Gasteiger partial charge is 0.459 e. The van der Waals surface area contributed by atoms with Gasteiger partial charge in [-0.15, -0.1) is 0 Å². The quantitative estimate of drug-likeness (QED) is 0.783. The van der Waals surface area contributed by atoms with E-state index in [0.717, 1.165) is 12.1 Å². The second-order valence-electron chi connectivity index (χ2n) is 4.72. The number of ether oxygens (including phenoxy) is 1. The third-order valence-electron chi connectivity index (χ3n) is 3.19. The smallest absolute Gasteiger partial charge is 0.416 e. The zero-order valence-corrected chi connectivity index (χ0v) is 10.6. The monoisotopic (exact) mass is 286 g/mol. The van der Waals surface area contributed by atoms with Crippen molar-refractivity contribution in [2.75, 3.05) is 0 Å². The Morgan fingerprint density at radius 3 is 2.45 bits per heavy atom. The molecule has 20 heavy (non-hydrogen) atoms. The van der Waals surface area contributed by atoms with Crippen LogP contribution in [0.25, 0.3) is 0 Å². The highest BCUT2D eigenvalue weighted by molar-refractivity contribution is 5.90. The Balaban J connectivity index is 2.04. The second kappa shape index (κ2) is 5.64. The highest BCUT2D eigenvalue weighted by Crippen LogP contribution is 2.30. The highest BCUT2D eigenvalue weighted by Gasteiger charge is 2.31. The van der Waals surface area contributed by atoms with Crippen LogP contribution in [0.15, 0.2) is 24.3 Å². The third kappa shape index (κ3) is 3.59. The molecule has 108 valence electrons. The summed E-state index contributed by atoms with van der Waals surface area (Å²) in [5, 5.41) is 0. The van der Waals surface area contributed by atoms with Gasteiger partial charge in [0.25, 0.3) is 0 Å². The van der Waals surface area contributed by atoms with Crippen molar-refractivity contribution in [3.05, 3.63) is 35.4 Å². The Bertz CT molecular complexity index is 513. The maximum Gasteiger partial charge on any atom is 0.416 e. The van der Waals surface area contributed by atoms with E-state index in [9.17, 15) is 22.8 Å². The van der Waals surface area contributed by atoms with Gasteiger partial charge in [0.05, 0.1) is 11.1 Å². The molecule has 6 heteroatoms. The first-order chi connectivity index (χ1) is 9.36. The van der Waals surface area contributed by atoms with Crippen LogP contribution >= 0.6 is 0 Å². The second-order valence-corrected chi connectivity index (χ2v) is 4.72. The van der Waals surface area contributed by atoms with Gasteiger partial charge in [-0.1, -0.05) is 6.07 Å². The molecule has 0 saturated heterocycles. The lowest BCUT2D eigenvalue weighted by Crippen LogP contribution is -2.24. The van der Waals surface area contributed by atoms with Crippen LogP contribution in [-0.4, -0.2) is 17.9 Å². The predicted molar refractivity (Wildman–Crippen MR) is 64.1 cm³/mol. The zero-order valence-electron chi connectivity index (χ0n) is 10.6. The number of esters is 1. The van der Waals surface area contributed by atoms with Gasteiger partial charge >= 0.3 is 12.1 Å². The first kappa shape index (κ1) is 14.6. The summed E-state index contributed by atoms with van der Waals surface area (Å²) in [5.41, 5.74) is -1.01. The molecule has 0 radical (unpaired) electrons. The van der Waals surface area contributed by atoms with E-state index in [1.807, 2.05) is 0 Å². The first-order valence-corrected chi connectivity index (χ1v) is 6.26. The van der Waals surface area contributed by atoms with Gasteiger partial charge in [-0.3, -0.25) is 4.79 Å². The number of alkyl halides is 3. The summed E-state index contributed by atoms with van der Waals surface area (Å²) in [7, 11) is 0. The minimum absolute atomic E-state index is 0.122. The number of hydrogen-bond acceptors (Lipinski definition) is 3. The zero-order chi connectivity index (χ0) is 14.8. The van der Waals surface area contributed by atoms with Crippen LogP contribution in [0.4, 0.5) is 13.2 Å². The number of hydrogen-bond donors (Lipinski definition) is 0. The van der Waals surface area contributed by atoms with Crippen molar-refractivity contribution in [1.82, 2.24) is 0 Å². The minimum Gasteiger partial charge on any atom is -0.459 e. The lowest BCUT2D eigenvalue weighted by atomic mass is 9.96. The average molecular weight is 286 g/mol. The van der Waals surface area contributed by atoms with Gasteiger partial charge in [-0.05, 0) is 31.0 Å². The van der Waals surface area contributed by atoms with E-state index in [1.165, 1.54) is 12.1 Å². The molecule has 1 aliphatic carbocycles. The lowest BCUT2D eigenvalue weighted by Gasteiger charge is -2.21. The molecule has 0 N–H and O–H groups in total. The SMILES string of the molecule is O=C1CCC(OC(=O)c2cccc(C(F)(F)F)c2)CC1. The summed E-state index contributed by atoms with van der Waals surface area (Å²) in [6.45, 7) is 0. The van der Waals surface area contributed by atoms with Crippen LogP contribution in [0.3, 0.4) is 0 Å². The minimum atomic E-state index is -4.49. The normalized spacial score (nSPS) is 17.1. The molecule has 2 rings (SSSR count). The molecule has 1 aliphatic rings. The van der Waals surface area contributed by atoms with Crippen molar-refractivity contribution in [3.63, 3.8) is 0 Å². The van der Waals surface area contributed by atoms with Gasteiger partial charge in [-0.2, -0.15) is 13.2 Å². The Morgan fingerprint density at radius 2 is 1.85 bits per heavy atom. The number of ketones is 1. The van der Waals surface area contributed by atoms with Gasteiger partial charge < -0.3 is 4.74 Å². The van der Waals surface area contributed by atoms with E-state index in [4.69, 9.17) is 4.74 Å². The van der Waals surface area contributed by atoms with Crippen molar-refractivity contribution in [2.45, 2.75) is 38.0 Å². The van der Waals surface area contributed by atoms with Crippen LogP contribution in [0.2, 0.25) is 0 Å². The fraction of sp³-hybridized carbons (Fsp3) is 0.429. The molecule has 0 atom stereocenters. The van der Waals surface area contributed by atoms with E-state index in [1.54, 1.807) is 0 Å². The Morgan fingerprint density at radius 1 is 1.20 bits per heavy atom. The Labute approximate surface area is 113 Å². The number of Topliss-reactive ketones (excluding diaryl/α,β-unsaturated/α-hetero) is 1. The van der Waals surface area contributed by atoms with Gasteiger partial charge in [-0.25, -0.2) is 4.79 Å². The van der Waals surface area contributed by atoms with Gasteiger partial charge in [0.15, 0.2) is 0 Å². The summed E-state index contributed by atoms with van der Waals surface area (Å²) in [4.78, 5) is 22.9. The molecule has 0 bridgehead atoms. The Hall–Kier alpha value is -1.85. The van der Waals surface area contributed by atoms with Crippen LogP contribution in [0.5, 0.6) is 0 Å². The number of benzene rings is 1. The lowest BCUT2D eigenvalue weighted by molar-refractivity contribution is -0.137. The number of carbonyl (C=O) groups excluding carboxylic acids is 2. The summed E-state index contributed by atoms with van der Waals surface area (Å²) in [5.74, 6) is -0.660. The molecule has 0 spiro atoms. The van der Waals surface area contributed by atoms with Crippen molar-refractivity contribution in [1.29, 1.82) is 0 Å².